The van der Waals surface area contributed by atoms with Gasteiger partial charge in [-0.05, 0) is 42.4 Å². The van der Waals surface area contributed by atoms with Crippen molar-refractivity contribution >= 4 is 34.8 Å². The minimum Gasteiger partial charge on any atom is -0.486 e. The molecule has 1 heterocycles. The second kappa shape index (κ2) is 8.97. The normalized spacial score (nSPS) is 12.5. The number of anilines is 1. The highest BCUT2D eigenvalue weighted by Gasteiger charge is 2.11. The number of aryl methyl sites for hydroxylation is 1. The predicted molar refractivity (Wildman–Crippen MR) is 109 cm³/mol. The van der Waals surface area contributed by atoms with Crippen molar-refractivity contribution in [1.82, 2.24) is 5.32 Å². The minimum atomic E-state index is 0.581. The van der Waals surface area contributed by atoms with Crippen molar-refractivity contribution in [2.45, 2.75) is 12.7 Å². The first-order valence-electron chi connectivity index (χ1n) is 8.29. The zero-order chi connectivity index (χ0) is 17.5. The van der Waals surface area contributed by atoms with Crippen LogP contribution in [0.5, 0.6) is 11.5 Å². The van der Waals surface area contributed by atoms with Crippen molar-refractivity contribution in [2.75, 3.05) is 30.8 Å². The molecule has 0 spiro atoms. The number of thiocarbonyl (C=S) groups is 1. The topological polar surface area (TPSA) is 42.5 Å². The molecule has 4 nitrogen and oxygen atoms in total. The van der Waals surface area contributed by atoms with Gasteiger partial charge in [-0.1, -0.05) is 24.3 Å². The second-order valence-corrected chi connectivity index (χ2v) is 7.23. The number of nitrogens with one attached hydrogen (secondary N) is 2. The standard InChI is InChI=1S/C19H22N2O2S2/c1-14-4-2-3-5-15(14)13-25-11-8-20-19(24)21-16-6-7-17-18(12-16)23-10-9-22-17/h2-7,12H,8-11,13H2,1H3,(H2,20,21,24). The lowest BCUT2D eigenvalue weighted by atomic mass is 10.1. The van der Waals surface area contributed by atoms with Gasteiger partial charge in [-0.15, -0.1) is 0 Å². The van der Waals surface area contributed by atoms with Gasteiger partial charge in [0.1, 0.15) is 13.2 Å². The van der Waals surface area contributed by atoms with Crippen LogP contribution in [0.15, 0.2) is 42.5 Å². The summed E-state index contributed by atoms with van der Waals surface area (Å²) in [7, 11) is 0. The van der Waals surface area contributed by atoms with E-state index in [0.717, 1.165) is 35.2 Å². The highest BCUT2D eigenvalue weighted by molar-refractivity contribution is 7.98. The van der Waals surface area contributed by atoms with Crippen LogP contribution in [0.25, 0.3) is 0 Å². The lowest BCUT2D eigenvalue weighted by molar-refractivity contribution is 0.171. The molecule has 25 heavy (non-hydrogen) atoms. The Morgan fingerprint density at radius 2 is 1.92 bits per heavy atom. The summed E-state index contributed by atoms with van der Waals surface area (Å²) in [6, 6.07) is 14.3. The monoisotopic (exact) mass is 374 g/mol. The Kier molecular flexibility index (Phi) is 6.42. The molecule has 0 fully saturated rings. The predicted octanol–water partition coefficient (Wildman–Crippen LogP) is 3.99. The SMILES string of the molecule is Cc1ccccc1CSCCNC(=S)Nc1ccc2c(c1)OCCO2. The van der Waals surface area contributed by atoms with Crippen LogP contribution in [0.2, 0.25) is 0 Å². The Hall–Kier alpha value is -1.92. The smallest absolute Gasteiger partial charge is 0.170 e. The van der Waals surface area contributed by atoms with E-state index >= 15 is 0 Å². The van der Waals surface area contributed by atoms with Gasteiger partial charge in [-0.3, -0.25) is 0 Å². The molecule has 0 aromatic heterocycles. The van der Waals surface area contributed by atoms with Crippen LogP contribution >= 0.6 is 24.0 Å². The number of ether oxygens (including phenoxy) is 2. The van der Waals surface area contributed by atoms with Crippen LogP contribution in [0.4, 0.5) is 5.69 Å². The van der Waals surface area contributed by atoms with Crippen LogP contribution in [-0.2, 0) is 5.75 Å². The summed E-state index contributed by atoms with van der Waals surface area (Å²) in [5, 5.41) is 7.04. The highest BCUT2D eigenvalue weighted by atomic mass is 32.2. The highest BCUT2D eigenvalue weighted by Crippen LogP contribution is 2.32. The summed E-state index contributed by atoms with van der Waals surface area (Å²) in [6.07, 6.45) is 0. The second-order valence-electron chi connectivity index (χ2n) is 5.72. The number of fused-ring (bicyclic) bond motifs is 1. The molecule has 3 rings (SSSR count). The van der Waals surface area contributed by atoms with Crippen molar-refractivity contribution in [3.8, 4) is 11.5 Å². The van der Waals surface area contributed by atoms with Gasteiger partial charge in [-0.25, -0.2) is 0 Å². The zero-order valence-corrected chi connectivity index (χ0v) is 15.8. The van der Waals surface area contributed by atoms with Crippen LogP contribution < -0.4 is 20.1 Å². The molecule has 0 radical (unpaired) electrons. The third kappa shape index (κ3) is 5.28. The molecule has 0 bridgehead atoms. The Labute approximate surface area is 158 Å². The molecular weight excluding hydrogens is 352 g/mol. The van der Waals surface area contributed by atoms with Gasteiger partial charge in [-0.2, -0.15) is 11.8 Å². The van der Waals surface area contributed by atoms with Crippen LogP contribution in [0, 0.1) is 6.92 Å². The van der Waals surface area contributed by atoms with Gasteiger partial charge >= 0.3 is 0 Å². The van der Waals surface area contributed by atoms with Crippen molar-refractivity contribution in [2.24, 2.45) is 0 Å². The Morgan fingerprint density at radius 3 is 2.76 bits per heavy atom. The van der Waals surface area contributed by atoms with Crippen molar-refractivity contribution in [3.63, 3.8) is 0 Å². The summed E-state index contributed by atoms with van der Waals surface area (Å²) < 4.78 is 11.1. The number of benzene rings is 2. The largest absolute Gasteiger partial charge is 0.486 e. The number of rotatable bonds is 6. The minimum absolute atomic E-state index is 0.581. The molecule has 1 aliphatic rings. The summed E-state index contributed by atoms with van der Waals surface area (Å²) in [4.78, 5) is 0. The molecule has 0 amide bonds. The first-order chi connectivity index (χ1) is 12.2. The molecule has 0 unspecified atom stereocenters. The van der Waals surface area contributed by atoms with E-state index in [9.17, 15) is 0 Å². The summed E-state index contributed by atoms with van der Waals surface area (Å²) >= 11 is 7.25. The Balaban J connectivity index is 1.38. The van der Waals surface area contributed by atoms with E-state index in [1.165, 1.54) is 11.1 Å². The third-order valence-corrected chi connectivity index (χ3v) is 5.11. The zero-order valence-electron chi connectivity index (χ0n) is 14.2. The van der Waals surface area contributed by atoms with E-state index in [1.807, 2.05) is 30.0 Å². The molecule has 0 saturated heterocycles. The van der Waals surface area contributed by atoms with E-state index in [1.54, 1.807) is 0 Å². The maximum atomic E-state index is 5.58. The molecular formula is C19H22N2O2S2. The van der Waals surface area contributed by atoms with Gasteiger partial charge < -0.3 is 20.1 Å². The first kappa shape index (κ1) is 17.9. The third-order valence-electron chi connectivity index (χ3n) is 3.85. The van der Waals surface area contributed by atoms with E-state index in [4.69, 9.17) is 21.7 Å². The fourth-order valence-corrected chi connectivity index (χ4v) is 3.64. The molecule has 2 N–H and O–H groups in total. The van der Waals surface area contributed by atoms with Crippen LogP contribution in [-0.4, -0.2) is 30.6 Å². The van der Waals surface area contributed by atoms with Crippen molar-refractivity contribution < 1.29 is 9.47 Å². The fourth-order valence-electron chi connectivity index (χ4n) is 2.49. The summed E-state index contributed by atoms with van der Waals surface area (Å²) in [5.41, 5.74) is 3.64. The van der Waals surface area contributed by atoms with Gasteiger partial charge in [0.05, 0.1) is 0 Å². The molecule has 1 aliphatic heterocycles. The van der Waals surface area contributed by atoms with E-state index in [0.29, 0.717) is 18.3 Å². The quantitative estimate of drug-likeness (QED) is 0.589. The molecule has 132 valence electrons. The Bertz CT molecular complexity index is 737. The van der Waals surface area contributed by atoms with E-state index in [-0.39, 0.29) is 0 Å². The summed E-state index contributed by atoms with van der Waals surface area (Å²) in [6.45, 7) is 4.16. The number of hydrogen-bond donors (Lipinski definition) is 2. The van der Waals surface area contributed by atoms with Crippen molar-refractivity contribution in [1.29, 1.82) is 0 Å². The molecule has 0 saturated carbocycles. The van der Waals surface area contributed by atoms with Crippen LogP contribution in [0.3, 0.4) is 0 Å². The van der Waals surface area contributed by atoms with Crippen molar-refractivity contribution in [3.05, 3.63) is 53.6 Å². The maximum Gasteiger partial charge on any atom is 0.170 e. The van der Waals surface area contributed by atoms with Gasteiger partial charge in [0.2, 0.25) is 0 Å². The van der Waals surface area contributed by atoms with Gasteiger partial charge in [0, 0.05) is 29.8 Å². The average molecular weight is 375 g/mol. The van der Waals surface area contributed by atoms with E-state index in [2.05, 4.69) is 41.8 Å². The molecule has 6 heteroatoms. The number of thioether (sulfide) groups is 1. The van der Waals surface area contributed by atoms with Gasteiger partial charge in [0.15, 0.2) is 16.6 Å². The Morgan fingerprint density at radius 1 is 1.12 bits per heavy atom. The molecule has 0 aliphatic carbocycles. The summed E-state index contributed by atoms with van der Waals surface area (Å²) in [5.74, 6) is 3.56. The van der Waals surface area contributed by atoms with E-state index < -0.39 is 0 Å². The molecule has 2 aromatic rings. The van der Waals surface area contributed by atoms with Crippen LogP contribution in [0.1, 0.15) is 11.1 Å². The first-order valence-corrected chi connectivity index (χ1v) is 9.85. The average Bonchev–Trinajstić information content (AvgIpc) is 2.63. The lowest BCUT2D eigenvalue weighted by Gasteiger charge is -2.19. The van der Waals surface area contributed by atoms with Gasteiger partial charge in [0.25, 0.3) is 0 Å². The molecule has 0 atom stereocenters. The fraction of sp³-hybridized carbons (Fsp3) is 0.316. The maximum absolute atomic E-state index is 5.58. The molecule has 2 aromatic carbocycles. The lowest BCUT2D eigenvalue weighted by Crippen LogP contribution is -2.30. The number of hydrogen-bond acceptors (Lipinski definition) is 4.